The summed E-state index contributed by atoms with van der Waals surface area (Å²) in [6.07, 6.45) is 0. The number of thiophene rings is 1. The highest BCUT2D eigenvalue weighted by atomic mass is 32.1. The van der Waals surface area contributed by atoms with Crippen LogP contribution in [-0.2, 0) is 5.41 Å². The van der Waals surface area contributed by atoms with E-state index in [0.717, 1.165) is 17.1 Å². The minimum Gasteiger partial charge on any atom is -0.310 e. The molecule has 0 N–H and O–H groups in total. The number of aromatic nitrogens is 1. The van der Waals surface area contributed by atoms with Crippen LogP contribution in [0.5, 0.6) is 0 Å². The molecule has 0 radical (unpaired) electrons. The maximum Gasteiger partial charge on any atom is 0.0561 e. The third-order valence-corrected chi connectivity index (χ3v) is 12.7. The molecule has 0 amide bonds. The zero-order chi connectivity index (χ0) is 36.0. The quantitative estimate of drug-likeness (QED) is 0.173. The molecule has 3 heteroatoms. The van der Waals surface area contributed by atoms with Gasteiger partial charge in [0.25, 0.3) is 0 Å². The normalized spacial score (nSPS) is 13.1. The maximum absolute atomic E-state index is 2.47. The van der Waals surface area contributed by atoms with Gasteiger partial charge in [-0.25, -0.2) is 0 Å². The van der Waals surface area contributed by atoms with E-state index < -0.39 is 0 Å². The number of hydrogen-bond donors (Lipinski definition) is 0. The van der Waals surface area contributed by atoms with Crippen molar-refractivity contribution in [2.45, 2.75) is 19.3 Å². The molecule has 0 atom stereocenters. The molecule has 256 valence electrons. The summed E-state index contributed by atoms with van der Waals surface area (Å²) in [6, 6.07) is 67.2. The van der Waals surface area contributed by atoms with Crippen LogP contribution in [0.2, 0.25) is 0 Å². The summed E-state index contributed by atoms with van der Waals surface area (Å²) < 4.78 is 5.10. The van der Waals surface area contributed by atoms with E-state index in [-0.39, 0.29) is 5.41 Å². The standard InChI is InChI=1S/C51H36N2S/c1-51(2)44-20-10-6-17-38(44)39-27-24-35(31-45(39)51)52(46-21-11-7-16-37(46)33-14-4-3-5-15-33)36-25-28-41-40-18-8-12-22-47(40)53(48(41)32-36)34-26-29-50-43(30-34)42-19-9-13-23-49(42)54-50/h3-32H,1-2H3. The lowest BCUT2D eigenvalue weighted by molar-refractivity contribution is 0.660. The molecule has 11 rings (SSSR count). The molecule has 0 aliphatic heterocycles. The van der Waals surface area contributed by atoms with Gasteiger partial charge in [-0.15, -0.1) is 11.3 Å². The molecular formula is C51H36N2S. The minimum atomic E-state index is -0.118. The summed E-state index contributed by atoms with van der Waals surface area (Å²) >= 11 is 1.86. The van der Waals surface area contributed by atoms with E-state index in [1.165, 1.54) is 81.0 Å². The van der Waals surface area contributed by atoms with E-state index in [1.54, 1.807) is 0 Å². The predicted molar refractivity (Wildman–Crippen MR) is 231 cm³/mol. The third kappa shape index (κ3) is 4.58. The van der Waals surface area contributed by atoms with Crippen LogP contribution in [0.3, 0.4) is 0 Å². The zero-order valence-corrected chi connectivity index (χ0v) is 30.9. The van der Waals surface area contributed by atoms with Gasteiger partial charge in [-0.1, -0.05) is 135 Å². The Morgan fingerprint density at radius 2 is 1.09 bits per heavy atom. The Bertz CT molecular complexity index is 3090. The van der Waals surface area contributed by atoms with Crippen LogP contribution in [0.15, 0.2) is 182 Å². The van der Waals surface area contributed by atoms with Gasteiger partial charge in [0.2, 0.25) is 0 Å². The van der Waals surface area contributed by atoms with Crippen molar-refractivity contribution in [1.29, 1.82) is 0 Å². The van der Waals surface area contributed by atoms with E-state index in [4.69, 9.17) is 0 Å². The molecule has 0 spiro atoms. The van der Waals surface area contributed by atoms with E-state index >= 15 is 0 Å². The summed E-state index contributed by atoms with van der Waals surface area (Å²) in [5.41, 5.74) is 14.6. The van der Waals surface area contributed by atoms with Crippen molar-refractivity contribution in [3.63, 3.8) is 0 Å². The zero-order valence-electron chi connectivity index (χ0n) is 30.1. The summed E-state index contributed by atoms with van der Waals surface area (Å²) in [7, 11) is 0. The topological polar surface area (TPSA) is 8.17 Å². The van der Waals surface area contributed by atoms with Gasteiger partial charge < -0.3 is 9.47 Å². The fraction of sp³-hybridized carbons (Fsp3) is 0.0588. The lowest BCUT2D eigenvalue weighted by Crippen LogP contribution is -2.17. The number of para-hydroxylation sites is 2. The SMILES string of the molecule is CC1(C)c2ccccc2-c2ccc(N(c3ccc4c5ccccc5n(-c5ccc6sc7ccccc7c6c5)c4c3)c3ccccc3-c3ccccc3)cc21. The first-order chi connectivity index (χ1) is 26.5. The van der Waals surface area contributed by atoms with Gasteiger partial charge in [-0.2, -0.15) is 0 Å². The molecule has 0 bridgehead atoms. The van der Waals surface area contributed by atoms with Gasteiger partial charge in [0, 0.05) is 59.0 Å². The molecule has 0 unspecified atom stereocenters. The first kappa shape index (κ1) is 31.1. The highest BCUT2D eigenvalue weighted by molar-refractivity contribution is 7.25. The summed E-state index contributed by atoms with van der Waals surface area (Å²) in [5, 5.41) is 5.11. The van der Waals surface area contributed by atoms with Crippen molar-refractivity contribution in [3.8, 4) is 27.9 Å². The van der Waals surface area contributed by atoms with Crippen LogP contribution >= 0.6 is 11.3 Å². The molecule has 0 saturated heterocycles. The Hall–Kier alpha value is -6.42. The number of hydrogen-bond acceptors (Lipinski definition) is 2. The van der Waals surface area contributed by atoms with Gasteiger partial charge in [0.15, 0.2) is 0 Å². The van der Waals surface area contributed by atoms with Crippen molar-refractivity contribution in [3.05, 3.63) is 193 Å². The van der Waals surface area contributed by atoms with Gasteiger partial charge in [0.05, 0.1) is 16.7 Å². The van der Waals surface area contributed by atoms with Crippen molar-refractivity contribution in [2.24, 2.45) is 0 Å². The van der Waals surface area contributed by atoms with Crippen LogP contribution in [0.1, 0.15) is 25.0 Å². The summed E-state index contributed by atoms with van der Waals surface area (Å²) in [6.45, 7) is 4.73. The third-order valence-electron chi connectivity index (χ3n) is 11.6. The van der Waals surface area contributed by atoms with Gasteiger partial charge in [0.1, 0.15) is 0 Å². The number of benzene rings is 8. The molecule has 2 heterocycles. The Kier molecular flexibility index (Phi) is 6.80. The Balaban J connectivity index is 1.17. The van der Waals surface area contributed by atoms with Crippen LogP contribution in [0.25, 0.3) is 69.9 Å². The monoisotopic (exact) mass is 708 g/mol. The molecule has 2 nitrogen and oxygen atoms in total. The Morgan fingerprint density at radius 3 is 1.98 bits per heavy atom. The van der Waals surface area contributed by atoms with Gasteiger partial charge in [-0.3, -0.25) is 0 Å². The molecule has 10 aromatic rings. The maximum atomic E-state index is 2.47. The summed E-state index contributed by atoms with van der Waals surface area (Å²) in [5.74, 6) is 0. The highest BCUT2D eigenvalue weighted by Crippen LogP contribution is 2.51. The molecule has 1 aliphatic carbocycles. The largest absolute Gasteiger partial charge is 0.310 e. The Morgan fingerprint density at radius 1 is 0.444 bits per heavy atom. The number of nitrogens with zero attached hydrogens (tertiary/aromatic N) is 2. The fourth-order valence-corrected chi connectivity index (χ4v) is 10.1. The van der Waals surface area contributed by atoms with Crippen molar-refractivity contribution in [1.82, 2.24) is 4.57 Å². The molecule has 8 aromatic carbocycles. The molecule has 0 saturated carbocycles. The van der Waals surface area contributed by atoms with E-state index in [2.05, 4.69) is 205 Å². The average molecular weight is 709 g/mol. The van der Waals surface area contributed by atoms with Crippen LogP contribution < -0.4 is 4.90 Å². The smallest absolute Gasteiger partial charge is 0.0561 e. The second-order valence-corrected chi connectivity index (χ2v) is 16.0. The van der Waals surface area contributed by atoms with E-state index in [0.29, 0.717) is 0 Å². The molecule has 0 fully saturated rings. The lowest BCUT2D eigenvalue weighted by atomic mass is 9.82. The van der Waals surface area contributed by atoms with Crippen molar-refractivity contribution in [2.75, 3.05) is 4.90 Å². The van der Waals surface area contributed by atoms with Crippen LogP contribution in [0.4, 0.5) is 17.1 Å². The van der Waals surface area contributed by atoms with Crippen molar-refractivity contribution < 1.29 is 0 Å². The second-order valence-electron chi connectivity index (χ2n) is 15.0. The highest BCUT2D eigenvalue weighted by Gasteiger charge is 2.36. The van der Waals surface area contributed by atoms with E-state index in [1.807, 2.05) is 11.3 Å². The van der Waals surface area contributed by atoms with Crippen molar-refractivity contribution >= 4 is 70.4 Å². The molecule has 2 aromatic heterocycles. The first-order valence-corrected chi connectivity index (χ1v) is 19.5. The number of rotatable bonds is 5. The van der Waals surface area contributed by atoms with Crippen LogP contribution in [-0.4, -0.2) is 4.57 Å². The molecule has 1 aliphatic rings. The predicted octanol–water partition coefficient (Wildman–Crippen LogP) is 14.6. The average Bonchev–Trinajstić information content (AvgIpc) is 3.83. The minimum absolute atomic E-state index is 0.118. The van der Waals surface area contributed by atoms with E-state index in [9.17, 15) is 0 Å². The first-order valence-electron chi connectivity index (χ1n) is 18.7. The van der Waals surface area contributed by atoms with Gasteiger partial charge in [-0.05, 0) is 88.5 Å². The molecule has 54 heavy (non-hydrogen) atoms. The lowest BCUT2D eigenvalue weighted by Gasteiger charge is -2.30. The second kappa shape index (κ2) is 11.8. The number of anilines is 3. The van der Waals surface area contributed by atoms with Crippen LogP contribution in [0, 0.1) is 0 Å². The molecular weight excluding hydrogens is 673 g/mol. The van der Waals surface area contributed by atoms with Gasteiger partial charge >= 0.3 is 0 Å². The fourth-order valence-electron chi connectivity index (χ4n) is 9.02. The number of fused-ring (bicyclic) bond motifs is 9. The summed E-state index contributed by atoms with van der Waals surface area (Å²) in [4.78, 5) is 2.47. The Labute approximate surface area is 318 Å².